The molecule has 0 spiro atoms. The van der Waals surface area contributed by atoms with Crippen LogP contribution >= 0.6 is 0 Å². The quantitative estimate of drug-likeness (QED) is 0.870. The van der Waals surface area contributed by atoms with Crippen molar-refractivity contribution in [1.29, 1.82) is 0 Å². The van der Waals surface area contributed by atoms with Crippen LogP contribution in [0.5, 0.6) is 0 Å². The SMILES string of the molecule is Fc1cc(NC2CCCCCC2)ccc1-n1cncn1. The van der Waals surface area contributed by atoms with E-state index in [0.717, 1.165) is 5.69 Å². The molecule has 5 heteroatoms. The second-order valence-corrected chi connectivity index (χ2v) is 5.34. The minimum Gasteiger partial charge on any atom is -0.382 e. The molecular formula is C15H19FN4. The average Bonchev–Trinajstić information content (AvgIpc) is 2.85. The fourth-order valence-corrected chi connectivity index (χ4v) is 2.77. The number of rotatable bonds is 3. The highest BCUT2D eigenvalue weighted by molar-refractivity contribution is 5.50. The Labute approximate surface area is 118 Å². The van der Waals surface area contributed by atoms with Crippen LogP contribution in [-0.2, 0) is 0 Å². The predicted octanol–water partition coefficient (Wildman–Crippen LogP) is 3.54. The lowest BCUT2D eigenvalue weighted by Crippen LogP contribution is -2.18. The normalized spacial score (nSPS) is 16.9. The molecule has 0 radical (unpaired) electrons. The van der Waals surface area contributed by atoms with E-state index in [0.29, 0.717) is 11.7 Å². The molecule has 1 aromatic heterocycles. The van der Waals surface area contributed by atoms with E-state index in [1.165, 1.54) is 55.9 Å². The van der Waals surface area contributed by atoms with E-state index in [2.05, 4.69) is 15.4 Å². The molecule has 0 saturated heterocycles. The van der Waals surface area contributed by atoms with Gasteiger partial charge in [-0.3, -0.25) is 0 Å². The van der Waals surface area contributed by atoms with Gasteiger partial charge in [0.15, 0.2) is 5.82 Å². The molecule has 1 fully saturated rings. The van der Waals surface area contributed by atoms with Gasteiger partial charge in [0.1, 0.15) is 18.3 Å². The van der Waals surface area contributed by atoms with E-state index >= 15 is 0 Å². The first-order valence-electron chi connectivity index (χ1n) is 7.24. The van der Waals surface area contributed by atoms with Gasteiger partial charge in [-0.25, -0.2) is 14.1 Å². The van der Waals surface area contributed by atoms with Gasteiger partial charge < -0.3 is 5.32 Å². The summed E-state index contributed by atoms with van der Waals surface area (Å²) in [7, 11) is 0. The van der Waals surface area contributed by atoms with Gasteiger partial charge >= 0.3 is 0 Å². The molecule has 2 aromatic rings. The highest BCUT2D eigenvalue weighted by Gasteiger charge is 2.13. The molecule has 1 aromatic carbocycles. The van der Waals surface area contributed by atoms with Gasteiger partial charge in [-0.15, -0.1) is 0 Å². The molecule has 1 saturated carbocycles. The first-order valence-corrected chi connectivity index (χ1v) is 7.24. The molecule has 1 heterocycles. The van der Waals surface area contributed by atoms with Crippen molar-refractivity contribution < 1.29 is 4.39 Å². The van der Waals surface area contributed by atoms with E-state index in [1.54, 1.807) is 12.1 Å². The molecule has 1 aliphatic rings. The van der Waals surface area contributed by atoms with Crippen LogP contribution in [0, 0.1) is 5.82 Å². The maximum Gasteiger partial charge on any atom is 0.150 e. The van der Waals surface area contributed by atoms with Crippen molar-refractivity contribution in [2.75, 3.05) is 5.32 Å². The number of aromatic nitrogens is 3. The lowest BCUT2D eigenvalue weighted by molar-refractivity contribution is 0.604. The third kappa shape index (κ3) is 2.98. The number of benzene rings is 1. The number of halogens is 1. The number of nitrogens with zero attached hydrogens (tertiary/aromatic N) is 3. The summed E-state index contributed by atoms with van der Waals surface area (Å²) in [5, 5.41) is 7.40. The van der Waals surface area contributed by atoms with Crippen LogP contribution in [0.3, 0.4) is 0 Å². The van der Waals surface area contributed by atoms with Crippen LogP contribution in [0.1, 0.15) is 38.5 Å². The Morgan fingerprint density at radius 3 is 2.60 bits per heavy atom. The summed E-state index contributed by atoms with van der Waals surface area (Å²) >= 11 is 0. The van der Waals surface area contributed by atoms with Crippen LogP contribution in [0.25, 0.3) is 5.69 Å². The highest BCUT2D eigenvalue weighted by Crippen LogP contribution is 2.23. The molecular weight excluding hydrogens is 255 g/mol. The van der Waals surface area contributed by atoms with Crippen molar-refractivity contribution in [3.8, 4) is 5.69 Å². The van der Waals surface area contributed by atoms with Crippen molar-refractivity contribution >= 4 is 5.69 Å². The Balaban J connectivity index is 1.73. The molecule has 1 aliphatic carbocycles. The molecule has 4 nitrogen and oxygen atoms in total. The Kier molecular flexibility index (Phi) is 3.95. The molecule has 1 N–H and O–H groups in total. The third-order valence-electron chi connectivity index (χ3n) is 3.84. The smallest absolute Gasteiger partial charge is 0.150 e. The first-order chi connectivity index (χ1) is 9.83. The van der Waals surface area contributed by atoms with E-state index in [9.17, 15) is 4.39 Å². The zero-order chi connectivity index (χ0) is 13.8. The van der Waals surface area contributed by atoms with E-state index in [4.69, 9.17) is 0 Å². The van der Waals surface area contributed by atoms with E-state index in [1.807, 2.05) is 6.07 Å². The molecule has 0 aliphatic heterocycles. The van der Waals surface area contributed by atoms with Crippen molar-refractivity contribution in [3.05, 3.63) is 36.7 Å². The minimum absolute atomic E-state index is 0.283. The molecule has 0 bridgehead atoms. The zero-order valence-electron chi connectivity index (χ0n) is 11.4. The second kappa shape index (κ2) is 6.03. The summed E-state index contributed by atoms with van der Waals surface area (Å²) in [6, 6.07) is 5.66. The second-order valence-electron chi connectivity index (χ2n) is 5.34. The fourth-order valence-electron chi connectivity index (χ4n) is 2.77. The predicted molar refractivity (Wildman–Crippen MR) is 76.4 cm³/mol. The summed E-state index contributed by atoms with van der Waals surface area (Å²) in [6.07, 6.45) is 10.4. The molecule has 0 amide bonds. The van der Waals surface area contributed by atoms with Gasteiger partial charge in [-0.2, -0.15) is 5.10 Å². The summed E-state index contributed by atoms with van der Waals surface area (Å²) in [5.74, 6) is -0.283. The van der Waals surface area contributed by atoms with Gasteiger partial charge in [-0.1, -0.05) is 25.7 Å². The van der Waals surface area contributed by atoms with Crippen molar-refractivity contribution in [2.24, 2.45) is 0 Å². The van der Waals surface area contributed by atoms with Crippen molar-refractivity contribution in [1.82, 2.24) is 14.8 Å². The summed E-state index contributed by atoms with van der Waals surface area (Å²) in [4.78, 5) is 3.84. The summed E-state index contributed by atoms with van der Waals surface area (Å²) in [6.45, 7) is 0. The number of nitrogens with one attached hydrogen (secondary N) is 1. The maximum absolute atomic E-state index is 14.1. The molecule has 0 atom stereocenters. The molecule has 3 rings (SSSR count). The fraction of sp³-hybridized carbons (Fsp3) is 0.467. The summed E-state index contributed by atoms with van der Waals surface area (Å²) in [5.41, 5.74) is 1.27. The van der Waals surface area contributed by atoms with Crippen molar-refractivity contribution in [2.45, 2.75) is 44.6 Å². The van der Waals surface area contributed by atoms with Gasteiger partial charge in [0.05, 0.1) is 0 Å². The van der Waals surface area contributed by atoms with Gasteiger partial charge in [0.2, 0.25) is 0 Å². The Morgan fingerprint density at radius 1 is 1.15 bits per heavy atom. The van der Waals surface area contributed by atoms with Crippen LogP contribution in [0.4, 0.5) is 10.1 Å². The van der Waals surface area contributed by atoms with Crippen LogP contribution in [0.15, 0.2) is 30.9 Å². The lowest BCUT2D eigenvalue weighted by Gasteiger charge is -2.18. The molecule has 20 heavy (non-hydrogen) atoms. The highest BCUT2D eigenvalue weighted by atomic mass is 19.1. The largest absolute Gasteiger partial charge is 0.382 e. The van der Waals surface area contributed by atoms with Crippen LogP contribution in [0.2, 0.25) is 0 Å². The van der Waals surface area contributed by atoms with Gasteiger partial charge in [0, 0.05) is 11.7 Å². The topological polar surface area (TPSA) is 42.7 Å². The van der Waals surface area contributed by atoms with Gasteiger partial charge in [0.25, 0.3) is 0 Å². The third-order valence-corrected chi connectivity index (χ3v) is 3.84. The van der Waals surface area contributed by atoms with E-state index in [-0.39, 0.29) is 5.82 Å². The molecule has 0 unspecified atom stereocenters. The minimum atomic E-state index is -0.283. The maximum atomic E-state index is 14.1. The number of hydrogen-bond acceptors (Lipinski definition) is 3. The Bertz CT molecular complexity index is 545. The van der Waals surface area contributed by atoms with Crippen LogP contribution in [-0.4, -0.2) is 20.8 Å². The van der Waals surface area contributed by atoms with Crippen molar-refractivity contribution in [3.63, 3.8) is 0 Å². The van der Waals surface area contributed by atoms with Gasteiger partial charge in [-0.05, 0) is 31.0 Å². The van der Waals surface area contributed by atoms with E-state index < -0.39 is 0 Å². The zero-order valence-corrected chi connectivity index (χ0v) is 11.4. The summed E-state index contributed by atoms with van der Waals surface area (Å²) < 4.78 is 15.6. The standard InChI is InChI=1S/C15H19FN4/c16-14-9-13(19-12-5-3-1-2-4-6-12)7-8-15(14)20-11-17-10-18-20/h7-12,19H,1-6H2. The Morgan fingerprint density at radius 2 is 1.95 bits per heavy atom. The molecule has 106 valence electrons. The number of anilines is 1. The Hall–Kier alpha value is -1.91. The number of hydrogen-bond donors (Lipinski definition) is 1. The lowest BCUT2D eigenvalue weighted by atomic mass is 10.1. The monoisotopic (exact) mass is 274 g/mol. The van der Waals surface area contributed by atoms with Crippen LogP contribution < -0.4 is 5.32 Å². The first kappa shape index (κ1) is 13.1. The average molecular weight is 274 g/mol.